The molecule has 0 amide bonds. The van der Waals surface area contributed by atoms with Gasteiger partial charge in [0.25, 0.3) is 0 Å². The summed E-state index contributed by atoms with van der Waals surface area (Å²) < 4.78 is 0. The van der Waals surface area contributed by atoms with Crippen molar-refractivity contribution in [3.8, 4) is 0 Å². The first-order valence-corrected chi connectivity index (χ1v) is 6.34. The van der Waals surface area contributed by atoms with Gasteiger partial charge in [0, 0.05) is 6.42 Å². The monoisotopic (exact) mass is 276 g/mol. The van der Waals surface area contributed by atoms with Crippen molar-refractivity contribution in [1.29, 1.82) is 0 Å². The van der Waals surface area contributed by atoms with Crippen molar-refractivity contribution in [2.45, 2.75) is 25.2 Å². The van der Waals surface area contributed by atoms with Gasteiger partial charge < -0.3 is 0 Å². The smallest absolute Gasteiger partial charge is 0.222 e. The van der Waals surface area contributed by atoms with E-state index < -0.39 is 0 Å². The van der Waals surface area contributed by atoms with E-state index in [4.69, 9.17) is 34.8 Å². The minimum Gasteiger partial charge on any atom is -0.281 e. The van der Waals surface area contributed by atoms with Gasteiger partial charge in [0.05, 0.1) is 10.0 Å². The van der Waals surface area contributed by atoms with Crippen LogP contribution in [-0.2, 0) is 4.79 Å². The van der Waals surface area contributed by atoms with Crippen LogP contribution in [-0.4, -0.2) is 5.24 Å². The zero-order chi connectivity index (χ0) is 11.7. The van der Waals surface area contributed by atoms with Crippen molar-refractivity contribution >= 4 is 40.0 Å². The highest BCUT2D eigenvalue weighted by Gasteiger charge is 2.33. The molecule has 16 heavy (non-hydrogen) atoms. The molecule has 1 unspecified atom stereocenters. The van der Waals surface area contributed by atoms with Gasteiger partial charge in [-0.1, -0.05) is 29.3 Å². The molecule has 0 heterocycles. The summed E-state index contributed by atoms with van der Waals surface area (Å²) in [5.74, 6) is 0.764. The highest BCUT2D eigenvalue weighted by Crippen LogP contribution is 2.45. The molecule has 1 saturated carbocycles. The fraction of sp³-hybridized carbons (Fsp3) is 0.417. The summed E-state index contributed by atoms with van der Waals surface area (Å²) in [4.78, 5) is 11.0. The van der Waals surface area contributed by atoms with Crippen molar-refractivity contribution < 1.29 is 4.79 Å². The number of carbonyl (C=O) groups is 1. The van der Waals surface area contributed by atoms with Gasteiger partial charge in [0.1, 0.15) is 0 Å². The van der Waals surface area contributed by atoms with Crippen molar-refractivity contribution in [2.24, 2.45) is 5.92 Å². The van der Waals surface area contributed by atoms with Gasteiger partial charge >= 0.3 is 0 Å². The molecule has 4 heteroatoms. The van der Waals surface area contributed by atoms with Crippen LogP contribution in [0.2, 0.25) is 10.0 Å². The molecule has 0 radical (unpaired) electrons. The minimum atomic E-state index is -0.289. The van der Waals surface area contributed by atoms with Crippen molar-refractivity contribution in [1.82, 2.24) is 0 Å². The molecular formula is C12H11Cl3O. The number of carbonyl (C=O) groups excluding carboxylic acids is 1. The SMILES string of the molecule is O=C(Cl)CC(c1ccc(Cl)c(Cl)c1)C1CC1. The average molecular weight is 278 g/mol. The van der Waals surface area contributed by atoms with E-state index in [1.54, 1.807) is 6.07 Å². The molecule has 1 nitrogen and oxygen atoms in total. The molecule has 0 bridgehead atoms. The zero-order valence-electron chi connectivity index (χ0n) is 8.55. The third kappa shape index (κ3) is 2.91. The molecule has 1 aromatic rings. The Balaban J connectivity index is 2.24. The van der Waals surface area contributed by atoms with Gasteiger partial charge in [-0.3, -0.25) is 4.79 Å². The highest BCUT2D eigenvalue weighted by atomic mass is 35.5. The van der Waals surface area contributed by atoms with Gasteiger partial charge in [0.2, 0.25) is 5.24 Å². The topological polar surface area (TPSA) is 17.1 Å². The van der Waals surface area contributed by atoms with Crippen LogP contribution in [0.25, 0.3) is 0 Å². The van der Waals surface area contributed by atoms with Crippen LogP contribution < -0.4 is 0 Å². The Morgan fingerprint density at radius 3 is 2.50 bits per heavy atom. The molecule has 1 aliphatic carbocycles. The molecule has 0 spiro atoms. The summed E-state index contributed by atoms with van der Waals surface area (Å²) in [6.07, 6.45) is 2.70. The lowest BCUT2D eigenvalue weighted by Gasteiger charge is -2.15. The molecule has 0 aliphatic heterocycles. The normalized spacial score (nSPS) is 17.2. The third-order valence-corrected chi connectivity index (χ3v) is 3.84. The van der Waals surface area contributed by atoms with Gasteiger partial charge in [-0.05, 0) is 54.0 Å². The van der Waals surface area contributed by atoms with E-state index in [-0.39, 0.29) is 11.2 Å². The van der Waals surface area contributed by atoms with Gasteiger partial charge in [-0.2, -0.15) is 0 Å². The molecule has 0 saturated heterocycles. The average Bonchev–Trinajstić information content (AvgIpc) is 3.02. The van der Waals surface area contributed by atoms with Crippen LogP contribution in [0.1, 0.15) is 30.7 Å². The zero-order valence-corrected chi connectivity index (χ0v) is 10.8. The maximum absolute atomic E-state index is 11.0. The minimum absolute atomic E-state index is 0.194. The van der Waals surface area contributed by atoms with Crippen LogP contribution in [0.4, 0.5) is 0 Å². The van der Waals surface area contributed by atoms with E-state index in [1.165, 1.54) is 0 Å². The molecule has 1 fully saturated rings. The molecule has 86 valence electrons. The number of hydrogen-bond acceptors (Lipinski definition) is 1. The van der Waals surface area contributed by atoms with Crippen molar-refractivity contribution in [2.75, 3.05) is 0 Å². The standard InChI is InChI=1S/C12H11Cl3O/c13-10-4-3-8(5-11(10)14)9(6-12(15)16)7-1-2-7/h3-5,7,9H,1-2,6H2. The van der Waals surface area contributed by atoms with E-state index in [0.717, 1.165) is 18.4 Å². The summed E-state index contributed by atoms with van der Waals surface area (Å²) in [6.45, 7) is 0. The second-order valence-corrected chi connectivity index (χ2v) is 5.41. The predicted molar refractivity (Wildman–Crippen MR) is 67.4 cm³/mol. The first-order valence-electron chi connectivity index (χ1n) is 5.21. The molecule has 1 aliphatic rings. The highest BCUT2D eigenvalue weighted by molar-refractivity contribution is 6.63. The molecule has 0 aromatic heterocycles. The lowest BCUT2D eigenvalue weighted by Crippen LogP contribution is -2.05. The second-order valence-electron chi connectivity index (χ2n) is 4.18. The van der Waals surface area contributed by atoms with E-state index >= 15 is 0 Å². The number of hydrogen-bond donors (Lipinski definition) is 0. The maximum atomic E-state index is 11.0. The quantitative estimate of drug-likeness (QED) is 0.733. The van der Waals surface area contributed by atoms with Crippen molar-refractivity contribution in [3.05, 3.63) is 33.8 Å². The maximum Gasteiger partial charge on any atom is 0.222 e. The molecular weight excluding hydrogens is 266 g/mol. The van der Waals surface area contributed by atoms with Crippen LogP contribution >= 0.6 is 34.8 Å². The predicted octanol–water partition coefficient (Wildman–Crippen LogP) is 4.64. The Hall–Kier alpha value is -0.240. The van der Waals surface area contributed by atoms with Crippen LogP contribution in [0, 0.1) is 5.92 Å². The lowest BCUT2D eigenvalue weighted by molar-refractivity contribution is -0.112. The fourth-order valence-electron chi connectivity index (χ4n) is 1.97. The summed E-state index contributed by atoms with van der Waals surface area (Å²) in [5, 5.41) is 0.784. The number of benzene rings is 1. The fourth-order valence-corrected chi connectivity index (χ4v) is 2.44. The largest absolute Gasteiger partial charge is 0.281 e. The van der Waals surface area contributed by atoms with Crippen LogP contribution in [0.5, 0.6) is 0 Å². The summed E-state index contributed by atoms with van der Waals surface area (Å²) in [7, 11) is 0. The second kappa shape index (κ2) is 4.95. The van der Waals surface area contributed by atoms with E-state index in [2.05, 4.69) is 0 Å². The Kier molecular flexibility index (Phi) is 3.78. The first kappa shape index (κ1) is 12.2. The van der Waals surface area contributed by atoms with E-state index in [0.29, 0.717) is 22.4 Å². The summed E-state index contributed by atoms with van der Waals surface area (Å²) >= 11 is 17.3. The van der Waals surface area contributed by atoms with Crippen LogP contribution in [0.3, 0.4) is 0 Å². The van der Waals surface area contributed by atoms with Crippen molar-refractivity contribution in [3.63, 3.8) is 0 Å². The number of halogens is 3. The molecule has 2 rings (SSSR count). The molecule has 1 aromatic carbocycles. The number of rotatable bonds is 4. The Labute approximate surface area is 110 Å². The van der Waals surface area contributed by atoms with Crippen LogP contribution in [0.15, 0.2) is 18.2 Å². The third-order valence-electron chi connectivity index (χ3n) is 2.94. The summed E-state index contributed by atoms with van der Waals surface area (Å²) in [5.41, 5.74) is 1.06. The first-order chi connectivity index (χ1) is 7.58. The Morgan fingerprint density at radius 1 is 1.31 bits per heavy atom. The van der Waals surface area contributed by atoms with Gasteiger partial charge in [-0.25, -0.2) is 0 Å². The van der Waals surface area contributed by atoms with E-state index in [1.807, 2.05) is 12.1 Å². The van der Waals surface area contributed by atoms with Gasteiger partial charge in [-0.15, -0.1) is 0 Å². The summed E-state index contributed by atoms with van der Waals surface area (Å²) in [6, 6.07) is 5.54. The van der Waals surface area contributed by atoms with E-state index in [9.17, 15) is 4.79 Å². The molecule has 0 N–H and O–H groups in total. The van der Waals surface area contributed by atoms with Gasteiger partial charge in [0.15, 0.2) is 0 Å². The Morgan fingerprint density at radius 2 is 2.00 bits per heavy atom. The molecule has 1 atom stereocenters. The Bertz CT molecular complexity index is 413. The lowest BCUT2D eigenvalue weighted by atomic mass is 9.91.